The van der Waals surface area contributed by atoms with E-state index < -0.39 is 0 Å². The Bertz CT molecular complexity index is 313. The predicted octanol–water partition coefficient (Wildman–Crippen LogP) is 2.12. The molecule has 19 heavy (non-hydrogen) atoms. The fourth-order valence-electron chi connectivity index (χ4n) is 2.64. The molecule has 0 amide bonds. The van der Waals surface area contributed by atoms with E-state index in [0.717, 1.165) is 25.9 Å². The summed E-state index contributed by atoms with van der Waals surface area (Å²) in [5, 5.41) is 9.60. The summed E-state index contributed by atoms with van der Waals surface area (Å²) in [4.78, 5) is 13.7. The standard InChI is InChI=1S/C15H27NO3/c1-12(15(18)19-3)8-10-16-9-6-4-5-7-14(16)11-13(2)17/h8,13-14,17H,4-7,9-11H2,1-3H3. The molecule has 4 nitrogen and oxygen atoms in total. The highest BCUT2D eigenvalue weighted by molar-refractivity contribution is 5.87. The van der Waals surface area contributed by atoms with Crippen molar-refractivity contribution >= 4 is 5.97 Å². The Balaban J connectivity index is 2.62. The second kappa shape index (κ2) is 8.33. The van der Waals surface area contributed by atoms with Crippen molar-refractivity contribution in [1.29, 1.82) is 0 Å². The summed E-state index contributed by atoms with van der Waals surface area (Å²) in [6, 6.07) is 0.421. The van der Waals surface area contributed by atoms with Crippen molar-refractivity contribution in [3.05, 3.63) is 11.6 Å². The molecule has 2 atom stereocenters. The number of ether oxygens (including phenoxy) is 1. The van der Waals surface area contributed by atoms with Crippen LogP contribution in [0.3, 0.4) is 0 Å². The zero-order chi connectivity index (χ0) is 14.3. The third-order valence-electron chi connectivity index (χ3n) is 3.75. The van der Waals surface area contributed by atoms with E-state index in [9.17, 15) is 9.90 Å². The van der Waals surface area contributed by atoms with Crippen molar-refractivity contribution in [1.82, 2.24) is 4.90 Å². The average molecular weight is 269 g/mol. The molecule has 0 aromatic heterocycles. The number of hydrogen-bond donors (Lipinski definition) is 1. The number of aliphatic hydroxyl groups is 1. The van der Waals surface area contributed by atoms with Crippen LogP contribution in [0.5, 0.6) is 0 Å². The summed E-state index contributed by atoms with van der Waals surface area (Å²) in [6.45, 7) is 5.44. The van der Waals surface area contributed by atoms with E-state index >= 15 is 0 Å². The van der Waals surface area contributed by atoms with Crippen LogP contribution < -0.4 is 0 Å². The minimum Gasteiger partial charge on any atom is -0.466 e. The quantitative estimate of drug-likeness (QED) is 0.613. The third kappa shape index (κ3) is 5.74. The normalized spacial score (nSPS) is 23.8. The number of likely N-dealkylation sites (tertiary alicyclic amines) is 1. The average Bonchev–Trinajstić information content (AvgIpc) is 2.59. The molecular weight excluding hydrogens is 242 g/mol. The van der Waals surface area contributed by atoms with Crippen molar-refractivity contribution in [3.63, 3.8) is 0 Å². The van der Waals surface area contributed by atoms with Crippen LogP contribution in [0.2, 0.25) is 0 Å². The third-order valence-corrected chi connectivity index (χ3v) is 3.75. The molecule has 1 aliphatic heterocycles. The summed E-state index contributed by atoms with van der Waals surface area (Å²) in [7, 11) is 1.40. The van der Waals surface area contributed by atoms with Crippen LogP contribution in [0.25, 0.3) is 0 Å². The molecule has 0 bridgehead atoms. The van der Waals surface area contributed by atoms with E-state index in [-0.39, 0.29) is 12.1 Å². The smallest absolute Gasteiger partial charge is 0.333 e. The van der Waals surface area contributed by atoms with E-state index in [1.54, 1.807) is 6.92 Å². The van der Waals surface area contributed by atoms with E-state index in [2.05, 4.69) is 4.90 Å². The molecule has 1 aliphatic rings. The molecule has 1 saturated heterocycles. The first kappa shape index (κ1) is 16.2. The van der Waals surface area contributed by atoms with Gasteiger partial charge in [-0.2, -0.15) is 0 Å². The van der Waals surface area contributed by atoms with Crippen LogP contribution in [-0.4, -0.2) is 48.3 Å². The number of esters is 1. The van der Waals surface area contributed by atoms with Gasteiger partial charge in [-0.25, -0.2) is 4.79 Å². The molecule has 0 saturated carbocycles. The number of nitrogens with zero attached hydrogens (tertiary/aromatic N) is 1. The van der Waals surface area contributed by atoms with Gasteiger partial charge in [-0.3, -0.25) is 4.90 Å². The molecule has 1 rings (SSSR count). The van der Waals surface area contributed by atoms with E-state index in [0.29, 0.717) is 11.6 Å². The maximum atomic E-state index is 11.4. The van der Waals surface area contributed by atoms with Gasteiger partial charge in [0.15, 0.2) is 0 Å². The number of rotatable bonds is 5. The summed E-state index contributed by atoms with van der Waals surface area (Å²) in [5.74, 6) is -0.262. The molecule has 0 radical (unpaired) electrons. The molecule has 4 heteroatoms. The van der Waals surface area contributed by atoms with Crippen LogP contribution in [0.4, 0.5) is 0 Å². The fourth-order valence-corrected chi connectivity index (χ4v) is 2.64. The molecule has 1 fully saturated rings. The maximum Gasteiger partial charge on any atom is 0.333 e. The predicted molar refractivity (Wildman–Crippen MR) is 75.9 cm³/mol. The lowest BCUT2D eigenvalue weighted by molar-refractivity contribution is -0.136. The Morgan fingerprint density at radius 2 is 2.21 bits per heavy atom. The van der Waals surface area contributed by atoms with Crippen LogP contribution in [-0.2, 0) is 9.53 Å². The first-order chi connectivity index (χ1) is 9.04. The van der Waals surface area contributed by atoms with Crippen LogP contribution in [0.15, 0.2) is 11.6 Å². The summed E-state index contributed by atoms with van der Waals surface area (Å²) >= 11 is 0. The number of carbonyl (C=O) groups is 1. The molecule has 1 heterocycles. The lowest BCUT2D eigenvalue weighted by Crippen LogP contribution is -2.37. The Hall–Kier alpha value is -0.870. The van der Waals surface area contributed by atoms with E-state index in [1.165, 1.54) is 26.4 Å². The van der Waals surface area contributed by atoms with Gasteiger partial charge in [-0.1, -0.05) is 18.9 Å². The van der Waals surface area contributed by atoms with Gasteiger partial charge in [0.1, 0.15) is 0 Å². The van der Waals surface area contributed by atoms with Crippen molar-refractivity contribution in [2.75, 3.05) is 20.2 Å². The van der Waals surface area contributed by atoms with Crippen LogP contribution in [0.1, 0.15) is 46.0 Å². The lowest BCUT2D eigenvalue weighted by Gasteiger charge is -2.30. The zero-order valence-electron chi connectivity index (χ0n) is 12.4. The Labute approximate surface area is 116 Å². The van der Waals surface area contributed by atoms with E-state index in [4.69, 9.17) is 4.74 Å². The highest BCUT2D eigenvalue weighted by Gasteiger charge is 2.21. The summed E-state index contributed by atoms with van der Waals surface area (Å²) in [5.41, 5.74) is 0.655. The van der Waals surface area contributed by atoms with Gasteiger partial charge in [0, 0.05) is 18.2 Å². The SMILES string of the molecule is COC(=O)C(C)=CCN1CCCCCC1CC(C)O. The van der Waals surface area contributed by atoms with E-state index in [1.807, 2.05) is 13.0 Å². The highest BCUT2D eigenvalue weighted by Crippen LogP contribution is 2.20. The number of hydrogen-bond acceptors (Lipinski definition) is 4. The number of aliphatic hydroxyl groups excluding tert-OH is 1. The Morgan fingerprint density at radius 1 is 1.47 bits per heavy atom. The minimum absolute atomic E-state index is 0.262. The van der Waals surface area contributed by atoms with Crippen LogP contribution in [0, 0.1) is 0 Å². The number of carbonyl (C=O) groups excluding carboxylic acids is 1. The largest absolute Gasteiger partial charge is 0.466 e. The lowest BCUT2D eigenvalue weighted by atomic mass is 10.0. The molecule has 110 valence electrons. The van der Waals surface area contributed by atoms with Gasteiger partial charge in [-0.05, 0) is 39.7 Å². The first-order valence-electron chi connectivity index (χ1n) is 7.21. The molecule has 2 unspecified atom stereocenters. The van der Waals surface area contributed by atoms with Gasteiger partial charge < -0.3 is 9.84 Å². The Kier molecular flexibility index (Phi) is 7.10. The maximum absolute atomic E-state index is 11.4. The summed E-state index contributed by atoms with van der Waals surface area (Å²) < 4.78 is 4.70. The second-order valence-corrected chi connectivity index (χ2v) is 5.46. The van der Waals surface area contributed by atoms with Crippen molar-refractivity contribution in [3.8, 4) is 0 Å². The molecule has 0 aliphatic carbocycles. The monoisotopic (exact) mass is 269 g/mol. The molecule has 1 N–H and O–H groups in total. The highest BCUT2D eigenvalue weighted by atomic mass is 16.5. The zero-order valence-corrected chi connectivity index (χ0v) is 12.4. The van der Waals surface area contributed by atoms with Crippen molar-refractivity contribution in [2.24, 2.45) is 0 Å². The molecule has 0 spiro atoms. The van der Waals surface area contributed by atoms with Crippen LogP contribution >= 0.6 is 0 Å². The van der Waals surface area contributed by atoms with Crippen molar-refractivity contribution < 1.29 is 14.6 Å². The number of methoxy groups -OCH3 is 1. The molecular formula is C15H27NO3. The summed E-state index contributed by atoms with van der Waals surface area (Å²) in [6.07, 6.45) is 7.30. The van der Waals surface area contributed by atoms with Gasteiger partial charge in [0.2, 0.25) is 0 Å². The minimum atomic E-state index is -0.267. The Morgan fingerprint density at radius 3 is 2.84 bits per heavy atom. The van der Waals surface area contributed by atoms with Gasteiger partial charge in [0.25, 0.3) is 0 Å². The second-order valence-electron chi connectivity index (χ2n) is 5.46. The topological polar surface area (TPSA) is 49.8 Å². The van der Waals surface area contributed by atoms with Gasteiger partial charge in [-0.15, -0.1) is 0 Å². The van der Waals surface area contributed by atoms with Crippen molar-refractivity contribution in [2.45, 2.75) is 58.1 Å². The molecule has 0 aromatic rings. The molecule has 0 aromatic carbocycles. The fraction of sp³-hybridized carbons (Fsp3) is 0.800. The first-order valence-corrected chi connectivity index (χ1v) is 7.21. The van der Waals surface area contributed by atoms with Gasteiger partial charge in [0.05, 0.1) is 13.2 Å². The van der Waals surface area contributed by atoms with Gasteiger partial charge >= 0.3 is 5.97 Å².